The van der Waals surface area contributed by atoms with Gasteiger partial charge in [0.05, 0.1) is 12.3 Å². The molecule has 0 saturated heterocycles. The van der Waals surface area contributed by atoms with E-state index in [4.69, 9.17) is 4.74 Å². The van der Waals surface area contributed by atoms with E-state index in [1.165, 1.54) is 34.6 Å². The van der Waals surface area contributed by atoms with Crippen LogP contribution in [0, 0.1) is 5.82 Å². The second-order valence-corrected chi connectivity index (χ2v) is 8.03. The number of amides is 1. The number of aromatic nitrogens is 2. The van der Waals surface area contributed by atoms with Crippen molar-refractivity contribution in [2.75, 3.05) is 11.9 Å². The van der Waals surface area contributed by atoms with Gasteiger partial charge in [-0.15, -0.1) is 0 Å². The number of nitrogens with zero attached hydrogens (tertiary/aromatic N) is 2. The third-order valence-electron chi connectivity index (χ3n) is 4.61. The van der Waals surface area contributed by atoms with Gasteiger partial charge >= 0.3 is 0 Å². The number of anilines is 1. The molecule has 33 heavy (non-hydrogen) atoms. The summed E-state index contributed by atoms with van der Waals surface area (Å²) in [6.07, 6.45) is 0. The first-order valence-electron chi connectivity index (χ1n) is 10.2. The molecule has 0 aliphatic heterocycles. The third kappa shape index (κ3) is 5.67. The first-order chi connectivity index (χ1) is 16.0. The average Bonchev–Trinajstić information content (AvgIpc) is 2.83. The molecule has 0 atom stereocenters. The van der Waals surface area contributed by atoms with Crippen LogP contribution in [0.15, 0.2) is 99.6 Å². The molecule has 4 rings (SSSR count). The molecule has 0 aliphatic rings. The van der Waals surface area contributed by atoms with Crippen molar-refractivity contribution in [3.05, 3.63) is 107 Å². The van der Waals surface area contributed by atoms with E-state index in [9.17, 15) is 14.0 Å². The molecule has 6 nitrogen and oxygen atoms in total. The highest BCUT2D eigenvalue weighted by atomic mass is 32.2. The third-order valence-corrected chi connectivity index (χ3v) is 5.54. The number of carbonyl (C=O) groups excluding carboxylic acids is 1. The summed E-state index contributed by atoms with van der Waals surface area (Å²) in [6.45, 7) is 2.48. The minimum absolute atomic E-state index is 0.272. The van der Waals surface area contributed by atoms with E-state index in [-0.39, 0.29) is 17.3 Å². The van der Waals surface area contributed by atoms with Crippen molar-refractivity contribution in [2.45, 2.75) is 16.8 Å². The Labute approximate surface area is 194 Å². The predicted molar refractivity (Wildman–Crippen MR) is 126 cm³/mol. The van der Waals surface area contributed by atoms with E-state index in [1.807, 2.05) is 6.92 Å². The van der Waals surface area contributed by atoms with E-state index in [2.05, 4.69) is 10.4 Å². The monoisotopic (exact) mass is 461 g/mol. The Morgan fingerprint density at radius 3 is 2.33 bits per heavy atom. The van der Waals surface area contributed by atoms with Gasteiger partial charge in [0.25, 0.3) is 11.5 Å². The van der Waals surface area contributed by atoms with Gasteiger partial charge < -0.3 is 10.1 Å². The molecule has 0 saturated carbocycles. The summed E-state index contributed by atoms with van der Waals surface area (Å²) >= 11 is 1.32. The fraction of sp³-hybridized carbons (Fsp3) is 0.0800. The van der Waals surface area contributed by atoms with Crippen LogP contribution in [0.3, 0.4) is 0 Å². The topological polar surface area (TPSA) is 73.2 Å². The second-order valence-electron chi connectivity index (χ2n) is 6.94. The van der Waals surface area contributed by atoms with Crippen molar-refractivity contribution < 1.29 is 13.9 Å². The molecule has 4 aromatic rings. The Balaban J connectivity index is 1.48. The number of rotatable bonds is 7. The van der Waals surface area contributed by atoms with Crippen molar-refractivity contribution in [1.29, 1.82) is 0 Å². The molecular weight excluding hydrogens is 441 g/mol. The fourth-order valence-corrected chi connectivity index (χ4v) is 3.79. The lowest BCUT2D eigenvalue weighted by atomic mass is 10.2. The molecular formula is C25H20FN3O3S. The Kier molecular flexibility index (Phi) is 6.85. The zero-order valence-corrected chi connectivity index (χ0v) is 18.5. The summed E-state index contributed by atoms with van der Waals surface area (Å²) in [6, 6.07) is 22.8. The van der Waals surface area contributed by atoms with Gasteiger partial charge in [-0.2, -0.15) is 9.78 Å². The van der Waals surface area contributed by atoms with Gasteiger partial charge in [0, 0.05) is 22.2 Å². The van der Waals surface area contributed by atoms with E-state index in [1.54, 1.807) is 66.7 Å². The number of hydrogen-bond acceptors (Lipinski definition) is 5. The lowest BCUT2D eigenvalue weighted by Gasteiger charge is -2.09. The van der Waals surface area contributed by atoms with Gasteiger partial charge in [-0.05, 0) is 85.8 Å². The van der Waals surface area contributed by atoms with Crippen molar-refractivity contribution in [3.8, 4) is 11.4 Å². The minimum Gasteiger partial charge on any atom is -0.494 e. The molecule has 3 aromatic carbocycles. The van der Waals surface area contributed by atoms with Gasteiger partial charge in [-0.3, -0.25) is 9.59 Å². The Morgan fingerprint density at radius 1 is 0.970 bits per heavy atom. The lowest BCUT2D eigenvalue weighted by molar-refractivity contribution is 0.102. The van der Waals surface area contributed by atoms with Gasteiger partial charge in [0.2, 0.25) is 0 Å². The van der Waals surface area contributed by atoms with E-state index in [0.717, 1.165) is 10.6 Å². The number of carbonyl (C=O) groups is 1. The summed E-state index contributed by atoms with van der Waals surface area (Å²) in [4.78, 5) is 25.7. The Morgan fingerprint density at radius 2 is 1.67 bits per heavy atom. The molecule has 1 amide bonds. The molecule has 0 unspecified atom stereocenters. The smallest absolute Gasteiger partial charge is 0.271 e. The van der Waals surface area contributed by atoms with Crippen LogP contribution < -0.4 is 15.6 Å². The number of halogens is 1. The van der Waals surface area contributed by atoms with E-state index < -0.39 is 0 Å². The van der Waals surface area contributed by atoms with Crippen molar-refractivity contribution in [3.63, 3.8) is 0 Å². The fourth-order valence-electron chi connectivity index (χ4n) is 3.02. The highest BCUT2D eigenvalue weighted by Gasteiger charge is 2.09. The first kappa shape index (κ1) is 22.3. The molecule has 1 N–H and O–H groups in total. The standard InChI is InChI=1S/C25H20FN3O3S/c1-2-32-21-11-7-19(8-12-21)27-25(31)17-3-9-20(10-4-17)29-24(30)16-15-23(28-29)33-22-13-5-18(26)6-14-22/h3-16H,2H2,1H3,(H,27,31). The molecule has 0 spiro atoms. The molecule has 1 aromatic heterocycles. The number of nitrogens with one attached hydrogen (secondary N) is 1. The maximum absolute atomic E-state index is 13.1. The summed E-state index contributed by atoms with van der Waals surface area (Å²) < 4.78 is 19.8. The van der Waals surface area contributed by atoms with Crippen molar-refractivity contribution >= 4 is 23.4 Å². The zero-order valence-electron chi connectivity index (χ0n) is 17.7. The Hall–Kier alpha value is -3.91. The second kappa shape index (κ2) is 10.1. The number of hydrogen-bond donors (Lipinski definition) is 1. The molecule has 8 heteroatoms. The first-order valence-corrected chi connectivity index (χ1v) is 11.0. The van der Waals surface area contributed by atoms with Crippen LogP contribution in [0.25, 0.3) is 5.69 Å². The number of benzene rings is 3. The van der Waals surface area contributed by atoms with Crippen LogP contribution >= 0.6 is 11.8 Å². The predicted octanol–water partition coefficient (Wildman–Crippen LogP) is 5.17. The molecule has 0 bridgehead atoms. The normalized spacial score (nSPS) is 10.6. The SMILES string of the molecule is CCOc1ccc(NC(=O)c2ccc(-n3nc(Sc4ccc(F)cc4)ccc3=O)cc2)cc1. The van der Waals surface area contributed by atoms with Crippen LogP contribution in [0.4, 0.5) is 10.1 Å². The van der Waals surface area contributed by atoms with Gasteiger partial charge in [0.15, 0.2) is 0 Å². The van der Waals surface area contributed by atoms with Crippen LogP contribution in [-0.2, 0) is 0 Å². The highest BCUT2D eigenvalue weighted by molar-refractivity contribution is 7.99. The number of ether oxygens (including phenoxy) is 1. The summed E-state index contributed by atoms with van der Waals surface area (Å²) in [5.41, 5.74) is 1.32. The molecule has 166 valence electrons. The van der Waals surface area contributed by atoms with Gasteiger partial charge in [-0.1, -0.05) is 11.8 Å². The van der Waals surface area contributed by atoms with Crippen LogP contribution in [0.5, 0.6) is 5.75 Å². The van der Waals surface area contributed by atoms with Crippen molar-refractivity contribution in [1.82, 2.24) is 9.78 Å². The quantitative estimate of drug-likeness (QED) is 0.411. The zero-order chi connectivity index (χ0) is 23.2. The van der Waals surface area contributed by atoms with Gasteiger partial charge in [0.1, 0.15) is 16.6 Å². The lowest BCUT2D eigenvalue weighted by Crippen LogP contribution is -2.20. The maximum atomic E-state index is 13.1. The summed E-state index contributed by atoms with van der Waals surface area (Å²) in [5.74, 6) is 0.146. The molecule has 0 aliphatic carbocycles. The van der Waals surface area contributed by atoms with Crippen LogP contribution in [0.2, 0.25) is 0 Å². The van der Waals surface area contributed by atoms with Gasteiger partial charge in [-0.25, -0.2) is 4.39 Å². The average molecular weight is 462 g/mol. The van der Waals surface area contributed by atoms with E-state index >= 15 is 0 Å². The van der Waals surface area contributed by atoms with Crippen LogP contribution in [-0.4, -0.2) is 22.3 Å². The Bertz CT molecular complexity index is 1300. The summed E-state index contributed by atoms with van der Waals surface area (Å²) in [5, 5.41) is 7.80. The molecule has 0 radical (unpaired) electrons. The maximum Gasteiger partial charge on any atom is 0.271 e. The molecule has 0 fully saturated rings. The summed E-state index contributed by atoms with van der Waals surface area (Å²) in [7, 11) is 0. The molecule has 1 heterocycles. The minimum atomic E-state index is -0.316. The van der Waals surface area contributed by atoms with Crippen molar-refractivity contribution in [2.24, 2.45) is 0 Å². The van der Waals surface area contributed by atoms with Crippen LogP contribution in [0.1, 0.15) is 17.3 Å². The van der Waals surface area contributed by atoms with E-state index in [0.29, 0.717) is 28.6 Å². The largest absolute Gasteiger partial charge is 0.494 e. The highest BCUT2D eigenvalue weighted by Crippen LogP contribution is 2.25.